The molecule has 1 aliphatic heterocycles. The Bertz CT molecular complexity index is 187. The molecule has 0 saturated carbocycles. The molecule has 1 aliphatic rings. The van der Waals surface area contributed by atoms with E-state index in [9.17, 15) is 10.2 Å². The molecule has 0 aromatic carbocycles. The molecule has 0 aliphatic carbocycles. The maximum absolute atomic E-state index is 9.31. The van der Waals surface area contributed by atoms with Crippen LogP contribution >= 0.6 is 0 Å². The Morgan fingerprint density at radius 1 is 1.00 bits per heavy atom. The molecule has 1 rings (SSSR count). The zero-order chi connectivity index (χ0) is 10.9. The summed E-state index contributed by atoms with van der Waals surface area (Å²) in [6, 6.07) is 0. The minimum absolute atomic E-state index is 0.683. The van der Waals surface area contributed by atoms with Gasteiger partial charge < -0.3 is 35.4 Å². The lowest BCUT2D eigenvalue weighted by molar-refractivity contribution is -0.298. The molecule has 0 bridgehead atoms. The number of rotatable bonds is 2. The topological polar surface area (TPSA) is 131 Å². The summed E-state index contributed by atoms with van der Waals surface area (Å²) in [6.07, 6.45) is -9.26. The molecule has 6 atom stereocenters. The van der Waals surface area contributed by atoms with Crippen molar-refractivity contribution in [2.24, 2.45) is 0 Å². The van der Waals surface area contributed by atoms with Crippen LogP contribution in [0.15, 0.2) is 0 Å². The van der Waals surface area contributed by atoms with Crippen molar-refractivity contribution < 1.29 is 35.4 Å². The lowest BCUT2D eigenvalue weighted by Crippen LogP contribution is -2.61. The first kappa shape index (κ1) is 11.8. The van der Waals surface area contributed by atoms with Crippen molar-refractivity contribution in [3.05, 3.63) is 0 Å². The predicted octanol–water partition coefficient (Wildman–Crippen LogP) is -3.86. The molecule has 7 heteroatoms. The maximum Gasteiger partial charge on any atom is 0.184 e. The molecule has 0 radical (unpaired) electrons. The van der Waals surface area contributed by atoms with Crippen LogP contribution < -0.4 is 0 Å². The number of aliphatic hydroxyl groups excluding tert-OH is 6. The molecular weight excluding hydrogens is 196 g/mol. The van der Waals surface area contributed by atoms with Gasteiger partial charge in [-0.2, -0.15) is 0 Å². The summed E-state index contributed by atoms with van der Waals surface area (Å²) in [6.45, 7) is -0.683. The second-order valence-electron chi connectivity index (χ2n) is 3.21. The van der Waals surface area contributed by atoms with Gasteiger partial charge in [0.1, 0.15) is 30.5 Å². The van der Waals surface area contributed by atoms with Crippen molar-refractivity contribution in [2.75, 3.05) is 6.61 Å². The summed E-state index contributed by atoms with van der Waals surface area (Å²) in [7, 11) is 0. The molecule has 0 aromatic heterocycles. The van der Waals surface area contributed by atoms with E-state index in [2.05, 4.69) is 4.74 Å². The van der Waals surface area contributed by atoms with E-state index in [1.54, 1.807) is 0 Å². The fourth-order valence-electron chi connectivity index (χ4n) is 1.31. The summed E-state index contributed by atoms with van der Waals surface area (Å²) < 4.78 is 4.62. The maximum atomic E-state index is 9.31. The van der Waals surface area contributed by atoms with Crippen LogP contribution in [0.3, 0.4) is 0 Å². The van der Waals surface area contributed by atoms with Gasteiger partial charge in [0.05, 0.1) is 6.61 Å². The third-order valence-electron chi connectivity index (χ3n) is 2.19. The number of aliphatic hydroxyl groups is 6. The monoisotopic (exact) mass is 210 g/mol. The Hall–Kier alpha value is -0.280. The highest BCUT2D eigenvalue weighted by Crippen LogP contribution is 2.21. The predicted molar refractivity (Wildman–Crippen MR) is 42.0 cm³/mol. The summed E-state index contributed by atoms with van der Waals surface area (Å²) >= 11 is 0. The minimum atomic E-state index is -1.69. The Labute approximate surface area is 79.8 Å². The normalized spacial score (nSPS) is 46.3. The molecular formula is C7H14O7. The Morgan fingerprint density at radius 2 is 1.57 bits per heavy atom. The highest BCUT2D eigenvalue weighted by atomic mass is 16.6. The third-order valence-corrected chi connectivity index (χ3v) is 2.19. The summed E-state index contributed by atoms with van der Waals surface area (Å²) in [5.41, 5.74) is 0. The number of hydrogen-bond donors (Lipinski definition) is 6. The van der Waals surface area contributed by atoms with Gasteiger partial charge in [-0.3, -0.25) is 0 Å². The molecule has 1 heterocycles. The number of hydrogen-bond acceptors (Lipinski definition) is 7. The average molecular weight is 210 g/mol. The molecule has 1 unspecified atom stereocenters. The van der Waals surface area contributed by atoms with Crippen molar-refractivity contribution in [2.45, 2.75) is 36.8 Å². The highest BCUT2D eigenvalue weighted by Gasteiger charge is 2.45. The second-order valence-corrected chi connectivity index (χ2v) is 3.21. The Balaban J connectivity index is 2.70. The quantitative estimate of drug-likeness (QED) is 0.275. The van der Waals surface area contributed by atoms with Gasteiger partial charge in [-0.25, -0.2) is 0 Å². The fourth-order valence-corrected chi connectivity index (χ4v) is 1.31. The molecule has 7 nitrogen and oxygen atoms in total. The zero-order valence-electron chi connectivity index (χ0n) is 7.26. The van der Waals surface area contributed by atoms with Crippen molar-refractivity contribution in [1.82, 2.24) is 0 Å². The smallest absolute Gasteiger partial charge is 0.184 e. The van der Waals surface area contributed by atoms with Crippen molar-refractivity contribution in [3.8, 4) is 0 Å². The van der Waals surface area contributed by atoms with Gasteiger partial charge in [-0.1, -0.05) is 0 Å². The van der Waals surface area contributed by atoms with Crippen LogP contribution in [0.25, 0.3) is 0 Å². The van der Waals surface area contributed by atoms with Crippen LogP contribution in [0.1, 0.15) is 0 Å². The van der Waals surface area contributed by atoms with Gasteiger partial charge in [0, 0.05) is 0 Å². The third kappa shape index (κ3) is 2.04. The summed E-state index contributed by atoms with van der Waals surface area (Å²) in [5, 5.41) is 54.3. The molecule has 0 spiro atoms. The minimum Gasteiger partial charge on any atom is -0.394 e. The van der Waals surface area contributed by atoms with Gasteiger partial charge >= 0.3 is 0 Å². The van der Waals surface area contributed by atoms with E-state index in [-0.39, 0.29) is 0 Å². The molecule has 14 heavy (non-hydrogen) atoms. The van der Waals surface area contributed by atoms with Crippen molar-refractivity contribution >= 4 is 0 Å². The summed E-state index contributed by atoms with van der Waals surface area (Å²) in [5.74, 6) is 0. The molecule has 6 N–H and O–H groups in total. The van der Waals surface area contributed by atoms with Crippen molar-refractivity contribution in [1.29, 1.82) is 0 Å². The first-order chi connectivity index (χ1) is 6.49. The van der Waals surface area contributed by atoms with E-state index in [4.69, 9.17) is 20.4 Å². The Kier molecular flexibility index (Phi) is 3.78. The van der Waals surface area contributed by atoms with Crippen molar-refractivity contribution in [3.63, 3.8) is 0 Å². The standard InChI is InChI=1S/C7H14O7/c8-1-2(9)6-4(11)3(10)5(12)7(13)14-6/h2-13H,1H2/t2-,3-,4+,5-,6+,7?/m1/s1. The first-order valence-electron chi connectivity index (χ1n) is 4.15. The zero-order valence-corrected chi connectivity index (χ0v) is 7.26. The van der Waals surface area contributed by atoms with Crippen LogP contribution in [0.2, 0.25) is 0 Å². The van der Waals surface area contributed by atoms with Crippen LogP contribution in [-0.2, 0) is 4.74 Å². The highest BCUT2D eigenvalue weighted by molar-refractivity contribution is 4.91. The van der Waals surface area contributed by atoms with E-state index in [0.717, 1.165) is 0 Å². The molecule has 1 saturated heterocycles. The molecule has 1 fully saturated rings. The van der Waals surface area contributed by atoms with E-state index in [1.165, 1.54) is 0 Å². The molecule has 0 amide bonds. The SMILES string of the molecule is OC[C@@H](O)[C@@H]1OC(O)[C@H](O)[C@H](O)[C@@H]1O. The lowest BCUT2D eigenvalue weighted by atomic mass is 9.96. The average Bonchev–Trinajstić information content (AvgIpc) is 2.19. The van der Waals surface area contributed by atoms with Crippen LogP contribution in [0.5, 0.6) is 0 Å². The second kappa shape index (κ2) is 4.49. The van der Waals surface area contributed by atoms with Gasteiger partial charge in [-0.05, 0) is 0 Å². The van der Waals surface area contributed by atoms with Gasteiger partial charge in [0.25, 0.3) is 0 Å². The van der Waals surface area contributed by atoms with Gasteiger partial charge in [0.2, 0.25) is 0 Å². The first-order valence-corrected chi connectivity index (χ1v) is 4.15. The van der Waals surface area contributed by atoms with Gasteiger partial charge in [0.15, 0.2) is 6.29 Å². The summed E-state index contributed by atoms with van der Waals surface area (Å²) in [4.78, 5) is 0. The molecule has 84 valence electrons. The molecule has 0 aromatic rings. The fraction of sp³-hybridized carbons (Fsp3) is 1.00. The van der Waals surface area contributed by atoms with E-state index in [1.807, 2.05) is 0 Å². The van der Waals surface area contributed by atoms with E-state index < -0.39 is 43.4 Å². The Morgan fingerprint density at radius 3 is 2.07 bits per heavy atom. The van der Waals surface area contributed by atoms with Gasteiger partial charge in [-0.15, -0.1) is 0 Å². The number of ether oxygens (including phenoxy) is 1. The van der Waals surface area contributed by atoms with Crippen LogP contribution in [0, 0.1) is 0 Å². The van der Waals surface area contributed by atoms with E-state index in [0.29, 0.717) is 0 Å². The van der Waals surface area contributed by atoms with Crippen LogP contribution in [-0.4, -0.2) is 74.1 Å². The van der Waals surface area contributed by atoms with E-state index >= 15 is 0 Å². The van der Waals surface area contributed by atoms with Crippen LogP contribution in [0.4, 0.5) is 0 Å². The lowest BCUT2D eigenvalue weighted by Gasteiger charge is -2.39. The largest absolute Gasteiger partial charge is 0.394 e.